The van der Waals surface area contributed by atoms with Gasteiger partial charge in [0.2, 0.25) is 0 Å². The molecule has 3 heteroatoms. The molecule has 0 aromatic carbocycles. The smallest absolute Gasteiger partial charge is 0.0244 e. The van der Waals surface area contributed by atoms with Crippen molar-refractivity contribution in [1.82, 2.24) is 15.1 Å². The quantitative estimate of drug-likeness (QED) is 0.800. The van der Waals surface area contributed by atoms with Gasteiger partial charge in [0.1, 0.15) is 0 Å². The third-order valence-electron chi connectivity index (χ3n) is 4.29. The van der Waals surface area contributed by atoms with E-state index in [-0.39, 0.29) is 0 Å². The van der Waals surface area contributed by atoms with Crippen molar-refractivity contribution in [1.29, 1.82) is 0 Å². The summed E-state index contributed by atoms with van der Waals surface area (Å²) in [7, 11) is 0. The minimum Gasteiger partial charge on any atom is -0.315 e. The number of nitrogens with zero attached hydrogens (tertiary/aromatic N) is 2. The van der Waals surface area contributed by atoms with Gasteiger partial charge in [0.15, 0.2) is 0 Å². The molecule has 1 unspecified atom stereocenters. The molecule has 1 atom stereocenters. The summed E-state index contributed by atoms with van der Waals surface area (Å²) in [5.74, 6) is 0.763. The molecule has 0 aromatic heterocycles. The fourth-order valence-electron chi connectivity index (χ4n) is 3.16. The standard InChI is InChI=1S/C14H29N3/c1-13(2)14-12-15-6-5-9-17(14)11-10-16-7-3-4-8-16/h13-15H,3-12H2,1-2H3. The van der Waals surface area contributed by atoms with Crippen LogP contribution in [0.15, 0.2) is 0 Å². The van der Waals surface area contributed by atoms with E-state index in [1.165, 1.54) is 65.1 Å². The van der Waals surface area contributed by atoms with Crippen LogP contribution in [0.25, 0.3) is 0 Å². The van der Waals surface area contributed by atoms with Crippen molar-refractivity contribution < 1.29 is 0 Å². The monoisotopic (exact) mass is 239 g/mol. The summed E-state index contributed by atoms with van der Waals surface area (Å²) in [5.41, 5.74) is 0. The van der Waals surface area contributed by atoms with Gasteiger partial charge in [0.25, 0.3) is 0 Å². The highest BCUT2D eigenvalue weighted by Gasteiger charge is 2.24. The molecule has 2 heterocycles. The molecule has 0 radical (unpaired) electrons. The predicted molar refractivity (Wildman–Crippen MR) is 73.4 cm³/mol. The molecule has 3 nitrogen and oxygen atoms in total. The van der Waals surface area contributed by atoms with E-state index in [9.17, 15) is 0 Å². The Morgan fingerprint density at radius 3 is 2.53 bits per heavy atom. The maximum atomic E-state index is 3.58. The summed E-state index contributed by atoms with van der Waals surface area (Å²) < 4.78 is 0. The zero-order valence-electron chi connectivity index (χ0n) is 11.6. The molecular formula is C14H29N3. The molecule has 2 aliphatic rings. The number of hydrogen-bond acceptors (Lipinski definition) is 3. The van der Waals surface area contributed by atoms with Crippen molar-refractivity contribution in [2.45, 2.75) is 39.2 Å². The van der Waals surface area contributed by atoms with Gasteiger partial charge in [0, 0.05) is 25.7 Å². The SMILES string of the molecule is CC(C)C1CNCCCN1CCN1CCCC1. The lowest BCUT2D eigenvalue weighted by atomic mass is 10.0. The third-order valence-corrected chi connectivity index (χ3v) is 4.29. The van der Waals surface area contributed by atoms with Crippen molar-refractivity contribution >= 4 is 0 Å². The second-order valence-electron chi connectivity index (χ2n) is 5.95. The first-order chi connectivity index (χ1) is 8.27. The average molecular weight is 239 g/mol. The van der Waals surface area contributed by atoms with Gasteiger partial charge >= 0.3 is 0 Å². The van der Waals surface area contributed by atoms with Crippen LogP contribution in [0.4, 0.5) is 0 Å². The first kappa shape index (κ1) is 13.3. The summed E-state index contributed by atoms with van der Waals surface area (Å²) in [4.78, 5) is 5.36. The second-order valence-corrected chi connectivity index (χ2v) is 5.95. The molecule has 2 rings (SSSR count). The molecule has 17 heavy (non-hydrogen) atoms. The topological polar surface area (TPSA) is 18.5 Å². The maximum absolute atomic E-state index is 3.58. The van der Waals surface area contributed by atoms with Gasteiger partial charge in [-0.15, -0.1) is 0 Å². The van der Waals surface area contributed by atoms with Crippen molar-refractivity contribution in [3.63, 3.8) is 0 Å². The molecular weight excluding hydrogens is 210 g/mol. The molecule has 0 spiro atoms. The van der Waals surface area contributed by atoms with E-state index in [0.29, 0.717) is 0 Å². The Morgan fingerprint density at radius 2 is 1.82 bits per heavy atom. The Labute approximate surface area is 107 Å². The third kappa shape index (κ3) is 3.94. The molecule has 2 aliphatic heterocycles. The highest BCUT2D eigenvalue weighted by molar-refractivity contribution is 4.81. The van der Waals surface area contributed by atoms with Gasteiger partial charge in [-0.3, -0.25) is 4.90 Å². The van der Waals surface area contributed by atoms with Crippen molar-refractivity contribution in [3.8, 4) is 0 Å². The zero-order valence-corrected chi connectivity index (χ0v) is 11.6. The van der Waals surface area contributed by atoms with E-state index in [1.54, 1.807) is 0 Å². The summed E-state index contributed by atoms with van der Waals surface area (Å²) >= 11 is 0. The summed E-state index contributed by atoms with van der Waals surface area (Å²) in [5, 5.41) is 3.58. The molecule has 0 aliphatic carbocycles. The Bertz CT molecular complexity index is 212. The molecule has 0 aromatic rings. The average Bonchev–Trinajstić information content (AvgIpc) is 2.70. The van der Waals surface area contributed by atoms with Crippen molar-refractivity contribution in [2.24, 2.45) is 5.92 Å². The highest BCUT2D eigenvalue weighted by atomic mass is 15.2. The molecule has 0 amide bonds. The predicted octanol–water partition coefficient (Wildman–Crippen LogP) is 1.40. The van der Waals surface area contributed by atoms with Crippen LogP contribution < -0.4 is 5.32 Å². The number of hydrogen-bond donors (Lipinski definition) is 1. The second kappa shape index (κ2) is 6.72. The molecule has 100 valence electrons. The van der Waals surface area contributed by atoms with Crippen LogP contribution in [0.3, 0.4) is 0 Å². The Hall–Kier alpha value is -0.120. The molecule has 2 fully saturated rings. The molecule has 0 bridgehead atoms. The summed E-state index contributed by atoms with van der Waals surface area (Å²) in [6, 6.07) is 0.736. The molecule has 1 N–H and O–H groups in total. The summed E-state index contributed by atoms with van der Waals surface area (Å²) in [6.45, 7) is 13.6. The van der Waals surface area contributed by atoms with E-state index in [4.69, 9.17) is 0 Å². The number of rotatable bonds is 4. The van der Waals surface area contributed by atoms with E-state index in [2.05, 4.69) is 29.0 Å². The van der Waals surface area contributed by atoms with Gasteiger partial charge in [-0.2, -0.15) is 0 Å². The Balaban J connectivity index is 1.81. The van der Waals surface area contributed by atoms with Crippen molar-refractivity contribution in [2.75, 3.05) is 45.8 Å². The Kier molecular flexibility index (Phi) is 5.26. The van der Waals surface area contributed by atoms with Crippen LogP contribution in [-0.2, 0) is 0 Å². The van der Waals surface area contributed by atoms with Gasteiger partial charge < -0.3 is 10.2 Å². The van der Waals surface area contributed by atoms with E-state index in [0.717, 1.165) is 12.0 Å². The zero-order chi connectivity index (χ0) is 12.1. The first-order valence-corrected chi connectivity index (χ1v) is 7.44. The largest absolute Gasteiger partial charge is 0.315 e. The maximum Gasteiger partial charge on any atom is 0.0244 e. The van der Waals surface area contributed by atoms with Crippen LogP contribution in [0.5, 0.6) is 0 Å². The van der Waals surface area contributed by atoms with E-state index in [1.807, 2.05) is 0 Å². The minimum absolute atomic E-state index is 0.736. The fourth-order valence-corrected chi connectivity index (χ4v) is 3.16. The summed E-state index contributed by atoms with van der Waals surface area (Å²) in [6.07, 6.45) is 4.13. The lowest BCUT2D eigenvalue weighted by Crippen LogP contribution is -2.46. The van der Waals surface area contributed by atoms with Crippen LogP contribution in [0.1, 0.15) is 33.1 Å². The molecule has 0 saturated carbocycles. The number of likely N-dealkylation sites (tertiary alicyclic amines) is 1. The number of nitrogens with one attached hydrogen (secondary N) is 1. The van der Waals surface area contributed by atoms with Crippen LogP contribution >= 0.6 is 0 Å². The van der Waals surface area contributed by atoms with Crippen molar-refractivity contribution in [3.05, 3.63) is 0 Å². The van der Waals surface area contributed by atoms with Crippen LogP contribution in [0, 0.1) is 5.92 Å². The van der Waals surface area contributed by atoms with Gasteiger partial charge in [-0.1, -0.05) is 13.8 Å². The Morgan fingerprint density at radius 1 is 1.06 bits per heavy atom. The first-order valence-electron chi connectivity index (χ1n) is 7.44. The fraction of sp³-hybridized carbons (Fsp3) is 1.00. The van der Waals surface area contributed by atoms with E-state index < -0.39 is 0 Å². The normalized spacial score (nSPS) is 28.8. The highest BCUT2D eigenvalue weighted by Crippen LogP contribution is 2.14. The van der Waals surface area contributed by atoms with Crippen LogP contribution in [0.2, 0.25) is 0 Å². The lowest BCUT2D eigenvalue weighted by molar-refractivity contribution is 0.147. The van der Waals surface area contributed by atoms with Crippen LogP contribution in [-0.4, -0.2) is 61.7 Å². The van der Waals surface area contributed by atoms with E-state index >= 15 is 0 Å². The molecule has 2 saturated heterocycles. The van der Waals surface area contributed by atoms with Gasteiger partial charge in [0.05, 0.1) is 0 Å². The van der Waals surface area contributed by atoms with Gasteiger partial charge in [-0.05, 0) is 51.4 Å². The minimum atomic E-state index is 0.736. The lowest BCUT2D eigenvalue weighted by Gasteiger charge is -2.33. The van der Waals surface area contributed by atoms with Gasteiger partial charge in [-0.25, -0.2) is 0 Å².